The minimum Gasteiger partial charge on any atom is -0.379 e. The molecule has 154 valence electrons. The van der Waals surface area contributed by atoms with Crippen molar-refractivity contribution in [3.05, 3.63) is 52.5 Å². The molecule has 4 rings (SSSR count). The molecule has 0 bridgehead atoms. The maximum atomic E-state index is 12.9. The monoisotopic (exact) mass is 461 g/mol. The lowest BCUT2D eigenvalue weighted by Gasteiger charge is -2.26. The Hall–Kier alpha value is -2.55. The van der Waals surface area contributed by atoms with Gasteiger partial charge in [-0.05, 0) is 30.3 Å². The Morgan fingerprint density at radius 3 is 2.77 bits per heavy atom. The zero-order valence-corrected chi connectivity index (χ0v) is 18.0. The Morgan fingerprint density at radius 2 is 2.03 bits per heavy atom. The summed E-state index contributed by atoms with van der Waals surface area (Å²) < 4.78 is 33.3. The topological polar surface area (TPSA) is 108 Å². The molecule has 1 aliphatic heterocycles. The smallest absolute Gasteiger partial charge is 0.243 e. The summed E-state index contributed by atoms with van der Waals surface area (Å²) in [5.74, 6) is 0. The maximum absolute atomic E-state index is 12.9. The summed E-state index contributed by atoms with van der Waals surface area (Å²) in [4.78, 5) is 4.50. The minimum absolute atomic E-state index is 0.0775. The van der Waals surface area contributed by atoms with E-state index in [0.717, 1.165) is 10.2 Å². The van der Waals surface area contributed by atoms with E-state index in [4.69, 9.17) is 16.3 Å². The Morgan fingerprint density at radius 1 is 1.27 bits per heavy atom. The summed E-state index contributed by atoms with van der Waals surface area (Å²) >= 11 is 7.56. The molecule has 0 radical (unpaired) electrons. The number of morpholine rings is 1. The number of rotatable bonds is 5. The standard InChI is InChI=1S/C19H16ClN5O3S2/c20-14-6-5-13(30(26,27)25-7-9-28-10-8-25)11-16(14)23-24-17(12-21)19-22-15-3-1-2-4-18(15)29-19/h1-6,11,23H,7-10H2/b24-17-. The van der Waals surface area contributed by atoms with Gasteiger partial charge in [0, 0.05) is 13.1 Å². The summed E-state index contributed by atoms with van der Waals surface area (Å²) in [6.45, 7) is 1.30. The summed E-state index contributed by atoms with van der Waals surface area (Å²) in [5.41, 5.74) is 3.84. The van der Waals surface area contributed by atoms with Crippen LogP contribution in [0.25, 0.3) is 10.2 Å². The molecular formula is C19H16ClN5O3S2. The highest BCUT2D eigenvalue weighted by Crippen LogP contribution is 2.28. The third-order valence-corrected chi connectivity index (χ3v) is 7.70. The van der Waals surface area contributed by atoms with Gasteiger partial charge >= 0.3 is 0 Å². The molecule has 1 aromatic heterocycles. The van der Waals surface area contributed by atoms with Crippen LogP contribution in [0.3, 0.4) is 0 Å². The van der Waals surface area contributed by atoms with Crippen molar-refractivity contribution in [2.45, 2.75) is 4.90 Å². The molecule has 1 saturated heterocycles. The number of ether oxygens (including phenoxy) is 1. The number of hydrogen-bond acceptors (Lipinski definition) is 8. The van der Waals surface area contributed by atoms with Crippen molar-refractivity contribution in [1.82, 2.24) is 9.29 Å². The fourth-order valence-corrected chi connectivity index (χ4v) is 5.40. The minimum atomic E-state index is -3.68. The highest BCUT2D eigenvalue weighted by molar-refractivity contribution is 7.89. The SMILES string of the molecule is N#C/C(=N/Nc1cc(S(=O)(=O)N2CCOCC2)ccc1Cl)c1nc2ccccc2s1. The molecule has 3 aromatic rings. The van der Waals surface area contributed by atoms with Crippen molar-refractivity contribution < 1.29 is 13.2 Å². The molecule has 2 aromatic carbocycles. The van der Waals surface area contributed by atoms with E-state index in [2.05, 4.69) is 15.5 Å². The third-order valence-electron chi connectivity index (χ3n) is 4.44. The third kappa shape index (κ3) is 4.16. The van der Waals surface area contributed by atoms with E-state index in [1.807, 2.05) is 30.3 Å². The maximum Gasteiger partial charge on any atom is 0.243 e. The summed E-state index contributed by atoms with van der Waals surface area (Å²) in [7, 11) is -3.68. The first-order chi connectivity index (χ1) is 14.5. The number of nitrogens with zero attached hydrogens (tertiary/aromatic N) is 4. The van der Waals surface area contributed by atoms with Gasteiger partial charge in [0.05, 0.1) is 39.0 Å². The van der Waals surface area contributed by atoms with Gasteiger partial charge in [-0.1, -0.05) is 23.7 Å². The molecular weight excluding hydrogens is 446 g/mol. The van der Waals surface area contributed by atoms with Crippen molar-refractivity contribution in [3.8, 4) is 6.07 Å². The van der Waals surface area contributed by atoms with Crippen LogP contribution in [0, 0.1) is 11.3 Å². The molecule has 1 N–H and O–H groups in total. The average Bonchev–Trinajstić information content (AvgIpc) is 3.20. The number of halogens is 1. The summed E-state index contributed by atoms with van der Waals surface area (Å²) in [5, 5.41) is 14.4. The molecule has 30 heavy (non-hydrogen) atoms. The zero-order chi connectivity index (χ0) is 21.1. The number of nitriles is 1. The van der Waals surface area contributed by atoms with Gasteiger partial charge in [-0.2, -0.15) is 14.7 Å². The molecule has 2 heterocycles. The first kappa shape index (κ1) is 20.7. The van der Waals surface area contributed by atoms with Crippen molar-refractivity contribution in [2.75, 3.05) is 31.7 Å². The van der Waals surface area contributed by atoms with E-state index in [0.29, 0.717) is 31.3 Å². The number of sulfonamides is 1. The highest BCUT2D eigenvalue weighted by Gasteiger charge is 2.27. The predicted octanol–water partition coefficient (Wildman–Crippen LogP) is 3.31. The van der Waals surface area contributed by atoms with Crippen LogP contribution < -0.4 is 5.43 Å². The Labute approximate surface area is 182 Å². The summed E-state index contributed by atoms with van der Waals surface area (Å²) in [6.07, 6.45) is 0. The van der Waals surface area contributed by atoms with E-state index < -0.39 is 10.0 Å². The van der Waals surface area contributed by atoms with Crippen LogP contribution in [0.2, 0.25) is 5.02 Å². The van der Waals surface area contributed by atoms with Crippen LogP contribution in [-0.2, 0) is 14.8 Å². The van der Waals surface area contributed by atoms with Gasteiger partial charge in [0.2, 0.25) is 10.0 Å². The molecule has 8 nitrogen and oxygen atoms in total. The molecule has 0 unspecified atom stereocenters. The van der Waals surface area contributed by atoms with Crippen molar-refractivity contribution in [3.63, 3.8) is 0 Å². The molecule has 0 saturated carbocycles. The first-order valence-electron chi connectivity index (χ1n) is 8.96. The molecule has 1 fully saturated rings. The van der Waals surface area contributed by atoms with E-state index in [1.54, 1.807) is 0 Å². The number of para-hydroxylation sites is 1. The molecule has 1 aliphatic rings. The average molecular weight is 462 g/mol. The summed E-state index contributed by atoms with van der Waals surface area (Å²) in [6, 6.07) is 13.9. The van der Waals surface area contributed by atoms with Crippen LogP contribution in [0.1, 0.15) is 5.01 Å². The predicted molar refractivity (Wildman–Crippen MR) is 116 cm³/mol. The van der Waals surface area contributed by atoms with Crippen molar-refractivity contribution in [2.24, 2.45) is 5.10 Å². The Balaban J connectivity index is 1.62. The number of thiazole rings is 1. The number of benzene rings is 2. The lowest BCUT2D eigenvalue weighted by Crippen LogP contribution is -2.40. The van der Waals surface area contributed by atoms with Crippen LogP contribution >= 0.6 is 22.9 Å². The van der Waals surface area contributed by atoms with Crippen LogP contribution in [0.15, 0.2) is 52.5 Å². The fourth-order valence-electron chi connectivity index (χ4n) is 2.90. The van der Waals surface area contributed by atoms with Crippen molar-refractivity contribution in [1.29, 1.82) is 5.26 Å². The van der Waals surface area contributed by atoms with E-state index >= 15 is 0 Å². The number of fused-ring (bicyclic) bond motifs is 1. The second kappa shape index (κ2) is 8.67. The zero-order valence-electron chi connectivity index (χ0n) is 15.6. The van der Waals surface area contributed by atoms with Gasteiger partial charge < -0.3 is 4.74 Å². The van der Waals surface area contributed by atoms with Crippen LogP contribution in [0.4, 0.5) is 5.69 Å². The van der Waals surface area contributed by atoms with Gasteiger partial charge in [0.1, 0.15) is 6.07 Å². The van der Waals surface area contributed by atoms with Crippen LogP contribution in [0.5, 0.6) is 0 Å². The largest absolute Gasteiger partial charge is 0.379 e. The number of hydrazone groups is 1. The quantitative estimate of drug-likeness (QED) is 0.461. The Bertz CT molecular complexity index is 1230. The van der Waals surface area contributed by atoms with Gasteiger partial charge in [-0.25, -0.2) is 13.4 Å². The lowest BCUT2D eigenvalue weighted by molar-refractivity contribution is 0.0730. The second-order valence-corrected chi connectivity index (χ2v) is 9.70. The normalized spacial score (nSPS) is 15.8. The van der Waals surface area contributed by atoms with Gasteiger partial charge in [0.25, 0.3) is 0 Å². The van der Waals surface area contributed by atoms with E-state index in [1.165, 1.54) is 33.8 Å². The van der Waals surface area contributed by atoms with Crippen LogP contribution in [-0.4, -0.2) is 49.7 Å². The molecule has 0 spiro atoms. The molecule has 0 amide bonds. The number of anilines is 1. The highest BCUT2D eigenvalue weighted by atomic mass is 35.5. The first-order valence-corrected chi connectivity index (χ1v) is 11.6. The Kier molecular flexibility index (Phi) is 5.99. The van der Waals surface area contributed by atoms with Gasteiger partial charge in [-0.3, -0.25) is 5.43 Å². The molecule has 11 heteroatoms. The van der Waals surface area contributed by atoms with Gasteiger partial charge in [-0.15, -0.1) is 11.3 Å². The van der Waals surface area contributed by atoms with Gasteiger partial charge in [0.15, 0.2) is 10.7 Å². The van der Waals surface area contributed by atoms with E-state index in [-0.39, 0.29) is 21.3 Å². The number of hydrogen-bond donors (Lipinski definition) is 1. The molecule has 0 atom stereocenters. The van der Waals surface area contributed by atoms with Crippen molar-refractivity contribution >= 4 is 54.6 Å². The van der Waals surface area contributed by atoms with E-state index in [9.17, 15) is 13.7 Å². The number of aromatic nitrogens is 1. The lowest BCUT2D eigenvalue weighted by atomic mass is 10.3. The fraction of sp³-hybridized carbons (Fsp3) is 0.211. The number of nitrogens with one attached hydrogen (secondary N) is 1. The second-order valence-electron chi connectivity index (χ2n) is 6.33. The molecule has 0 aliphatic carbocycles.